The summed E-state index contributed by atoms with van der Waals surface area (Å²) >= 11 is 1.55. The predicted octanol–water partition coefficient (Wildman–Crippen LogP) is 6.14. The van der Waals surface area contributed by atoms with Gasteiger partial charge in [-0.2, -0.15) is 10.2 Å². The molecule has 12 heteroatoms. The van der Waals surface area contributed by atoms with E-state index in [-0.39, 0.29) is 48.2 Å². The fourth-order valence-electron chi connectivity index (χ4n) is 5.76. The second-order valence-corrected chi connectivity index (χ2v) is 12.4. The number of hydrazone groups is 2. The quantitative estimate of drug-likeness (QED) is 0.107. The fourth-order valence-corrected chi connectivity index (χ4v) is 6.83. The molecule has 7 N–H and O–H groups in total. The number of amides is 2. The van der Waals surface area contributed by atoms with Crippen LogP contribution in [0.5, 0.6) is 11.5 Å². The first kappa shape index (κ1) is 29.2. The minimum Gasteiger partial charge on any atom is -0.508 e. The third-order valence-electron chi connectivity index (χ3n) is 8.01. The maximum Gasteiger partial charge on any atom is 0.230 e. The molecule has 0 aliphatic carbocycles. The van der Waals surface area contributed by atoms with E-state index in [1.54, 1.807) is 36.0 Å². The number of nitrogens with one attached hydrogen (secondary N) is 5. The number of nitrogens with zero attached hydrogens (tertiary/aromatic N) is 2. The predicted molar refractivity (Wildman–Crippen MR) is 179 cm³/mol. The lowest BCUT2D eigenvalue weighted by Crippen LogP contribution is -2.16. The maximum absolute atomic E-state index is 12.9. The van der Waals surface area contributed by atoms with Crippen LogP contribution < -0.4 is 26.8 Å². The molecule has 4 aromatic carbocycles. The van der Waals surface area contributed by atoms with Crippen LogP contribution in [0.1, 0.15) is 48.9 Å². The zero-order valence-electron chi connectivity index (χ0n) is 24.6. The summed E-state index contributed by atoms with van der Waals surface area (Å²) in [4.78, 5) is 27.6. The first-order chi connectivity index (χ1) is 22.4. The third kappa shape index (κ3) is 6.33. The third-order valence-corrected chi connectivity index (χ3v) is 9.13. The second-order valence-electron chi connectivity index (χ2n) is 11.3. The molecule has 46 heavy (non-hydrogen) atoms. The van der Waals surface area contributed by atoms with Gasteiger partial charge in [-0.1, -0.05) is 48.2 Å². The molecule has 2 amide bonds. The molecule has 7 rings (SSSR count). The number of hydrogen-bond donors (Lipinski definition) is 7. The van der Waals surface area contributed by atoms with Crippen molar-refractivity contribution in [2.45, 2.75) is 47.6 Å². The summed E-state index contributed by atoms with van der Waals surface area (Å²) in [6, 6.07) is 25.3. The average molecular weight is 634 g/mol. The summed E-state index contributed by atoms with van der Waals surface area (Å²) in [5.74, 6) is 0.0557. The molecule has 0 aromatic heterocycles. The minimum absolute atomic E-state index is 0.142. The number of aromatic hydroxyl groups is 2. The van der Waals surface area contributed by atoms with Gasteiger partial charge < -0.3 is 37.0 Å². The molecule has 2 unspecified atom stereocenters. The largest absolute Gasteiger partial charge is 0.508 e. The van der Waals surface area contributed by atoms with Crippen molar-refractivity contribution in [1.29, 1.82) is 0 Å². The molecular formula is C34H31N7O4S. The molecule has 0 saturated heterocycles. The molecule has 11 nitrogen and oxygen atoms in total. The van der Waals surface area contributed by atoms with Gasteiger partial charge in [0.2, 0.25) is 11.8 Å². The highest BCUT2D eigenvalue weighted by Crippen LogP contribution is 2.46. The van der Waals surface area contributed by atoms with Crippen molar-refractivity contribution in [1.82, 2.24) is 10.9 Å². The number of para-hydroxylation sites is 2. The van der Waals surface area contributed by atoms with E-state index in [0.29, 0.717) is 24.2 Å². The first-order valence-electron chi connectivity index (χ1n) is 14.9. The maximum atomic E-state index is 12.9. The Bertz CT molecular complexity index is 1780. The lowest BCUT2D eigenvalue weighted by atomic mass is 10.0. The zero-order chi connectivity index (χ0) is 31.6. The van der Waals surface area contributed by atoms with Crippen LogP contribution in [0.15, 0.2) is 105 Å². The highest BCUT2D eigenvalue weighted by atomic mass is 32.2. The Labute approximate surface area is 269 Å². The standard InChI is InChI=1S/C34H31N7O4S/c42-29-7-3-1-5-23(29)27-13-21(38-40-27)17-33(44)35-19-9-11-25-31(15-19)46-32-16-20(10-12-26(32)37-25)36-34(45)18-22-14-28(41-39-22)24-6-2-4-8-30(24)43/h1-12,15-16,27-28,37,40-43H,13-14,17-18H2,(H,35,44)(H,36,45). The van der Waals surface area contributed by atoms with Crippen LogP contribution in [0.3, 0.4) is 0 Å². The lowest BCUT2D eigenvalue weighted by molar-refractivity contribution is -0.116. The van der Waals surface area contributed by atoms with E-state index >= 15 is 0 Å². The SMILES string of the molecule is O=C(CC1=NNC(c2ccccc2O)C1)Nc1ccc2c(c1)Sc1cc(NC(=O)CC3=NNC(c4ccccc4O)C3)ccc1N2. The van der Waals surface area contributed by atoms with E-state index in [2.05, 4.69) is 37.0 Å². The molecule has 3 heterocycles. The molecule has 0 bridgehead atoms. The van der Waals surface area contributed by atoms with E-state index in [1.807, 2.05) is 60.7 Å². The summed E-state index contributed by atoms with van der Waals surface area (Å²) < 4.78 is 0. The van der Waals surface area contributed by atoms with Crippen molar-refractivity contribution in [2.24, 2.45) is 10.2 Å². The van der Waals surface area contributed by atoms with Crippen LogP contribution in [0.2, 0.25) is 0 Å². The van der Waals surface area contributed by atoms with Crippen LogP contribution in [0.25, 0.3) is 0 Å². The van der Waals surface area contributed by atoms with Crippen molar-refractivity contribution in [3.8, 4) is 11.5 Å². The molecule has 0 fully saturated rings. The van der Waals surface area contributed by atoms with Gasteiger partial charge in [-0.05, 0) is 48.5 Å². The Morgan fingerprint density at radius 3 is 1.61 bits per heavy atom. The van der Waals surface area contributed by atoms with Gasteiger partial charge in [-0.25, -0.2) is 0 Å². The molecule has 0 saturated carbocycles. The number of phenolic OH excluding ortho intramolecular Hbond substituents is 2. The number of fused-ring (bicyclic) bond motifs is 2. The summed E-state index contributed by atoms with van der Waals surface area (Å²) in [7, 11) is 0. The first-order valence-corrected chi connectivity index (χ1v) is 15.7. The van der Waals surface area contributed by atoms with Crippen molar-refractivity contribution in [3.63, 3.8) is 0 Å². The molecule has 0 spiro atoms. The van der Waals surface area contributed by atoms with Gasteiger partial charge in [0.15, 0.2) is 0 Å². The summed E-state index contributed by atoms with van der Waals surface area (Å²) in [5.41, 5.74) is 12.2. The van der Waals surface area contributed by atoms with Gasteiger partial charge in [0.1, 0.15) is 11.5 Å². The van der Waals surface area contributed by atoms with E-state index in [1.165, 1.54) is 0 Å². The average Bonchev–Trinajstić information content (AvgIpc) is 3.70. The van der Waals surface area contributed by atoms with Gasteiger partial charge >= 0.3 is 0 Å². The van der Waals surface area contributed by atoms with Gasteiger partial charge in [0.05, 0.1) is 36.3 Å². The number of carbonyl (C=O) groups is 2. The Balaban J connectivity index is 0.932. The Morgan fingerprint density at radius 1 is 0.696 bits per heavy atom. The smallest absolute Gasteiger partial charge is 0.230 e. The number of phenols is 2. The molecule has 2 atom stereocenters. The highest BCUT2D eigenvalue weighted by Gasteiger charge is 2.26. The van der Waals surface area contributed by atoms with E-state index in [9.17, 15) is 19.8 Å². The van der Waals surface area contributed by atoms with Crippen LogP contribution in [-0.4, -0.2) is 33.5 Å². The van der Waals surface area contributed by atoms with Crippen molar-refractivity contribution < 1.29 is 19.8 Å². The normalized spacial score (nSPS) is 17.7. The van der Waals surface area contributed by atoms with Gasteiger partial charge in [-0.15, -0.1) is 0 Å². The highest BCUT2D eigenvalue weighted by molar-refractivity contribution is 7.99. The van der Waals surface area contributed by atoms with E-state index in [4.69, 9.17) is 0 Å². The van der Waals surface area contributed by atoms with Crippen molar-refractivity contribution >= 4 is 57.7 Å². The summed E-state index contributed by atoms with van der Waals surface area (Å²) in [6.07, 6.45) is 1.36. The summed E-state index contributed by atoms with van der Waals surface area (Å²) in [6.45, 7) is 0. The zero-order valence-corrected chi connectivity index (χ0v) is 25.4. The van der Waals surface area contributed by atoms with Gasteiger partial charge in [0, 0.05) is 56.6 Å². The summed E-state index contributed by atoms with van der Waals surface area (Å²) in [5, 5.41) is 38.3. The number of hydrogen-bond acceptors (Lipinski definition) is 10. The molecule has 232 valence electrons. The monoisotopic (exact) mass is 633 g/mol. The molecule has 3 aliphatic rings. The van der Waals surface area contributed by atoms with Crippen LogP contribution in [0, 0.1) is 0 Å². The molecule has 3 aliphatic heterocycles. The number of anilines is 4. The number of carbonyl (C=O) groups excluding carboxylic acids is 2. The van der Waals surface area contributed by atoms with Crippen molar-refractivity contribution in [3.05, 3.63) is 96.1 Å². The van der Waals surface area contributed by atoms with Crippen LogP contribution in [0.4, 0.5) is 22.7 Å². The molecule has 4 aromatic rings. The van der Waals surface area contributed by atoms with Crippen molar-refractivity contribution in [2.75, 3.05) is 16.0 Å². The number of benzene rings is 4. The Morgan fingerprint density at radius 2 is 1.15 bits per heavy atom. The van der Waals surface area contributed by atoms with Gasteiger partial charge in [-0.3, -0.25) is 9.59 Å². The lowest BCUT2D eigenvalue weighted by Gasteiger charge is -2.22. The van der Waals surface area contributed by atoms with Crippen LogP contribution in [-0.2, 0) is 9.59 Å². The molecular weight excluding hydrogens is 602 g/mol. The second kappa shape index (κ2) is 12.5. The molecule has 0 radical (unpaired) electrons. The Hall–Kier alpha value is -5.49. The number of rotatable bonds is 8. The Kier molecular flexibility index (Phi) is 7.93. The fraction of sp³-hybridized carbons (Fsp3) is 0.176. The van der Waals surface area contributed by atoms with Crippen LogP contribution >= 0.6 is 11.8 Å². The van der Waals surface area contributed by atoms with Gasteiger partial charge in [0.25, 0.3) is 0 Å². The van der Waals surface area contributed by atoms with E-state index < -0.39 is 0 Å². The topological polar surface area (TPSA) is 159 Å². The van der Waals surface area contributed by atoms with E-state index in [0.717, 1.165) is 43.7 Å². The minimum atomic E-state index is -0.174.